The number of aryl methyl sites for hydroxylation is 1. The Morgan fingerprint density at radius 2 is 1.62 bits per heavy atom. The van der Waals surface area contributed by atoms with Gasteiger partial charge in [-0.2, -0.15) is 0 Å². The zero-order chi connectivity index (χ0) is 22.8. The smallest absolute Gasteiger partial charge is 0.343 e. The molecule has 2 heteroatoms. The van der Waals surface area contributed by atoms with E-state index in [1.54, 1.807) is 0 Å². The van der Waals surface area contributed by atoms with Crippen LogP contribution in [0, 0.1) is 5.92 Å². The number of rotatable bonds is 11. The van der Waals surface area contributed by atoms with E-state index in [2.05, 4.69) is 32.6 Å². The van der Waals surface area contributed by atoms with Crippen LogP contribution in [0.15, 0.2) is 60.7 Å². The summed E-state index contributed by atoms with van der Waals surface area (Å²) < 4.78 is 5.62. The van der Waals surface area contributed by atoms with Crippen LogP contribution in [0.5, 0.6) is 5.75 Å². The topological polar surface area (TPSA) is 26.3 Å². The van der Waals surface area contributed by atoms with Crippen LogP contribution in [0.2, 0.25) is 0 Å². The van der Waals surface area contributed by atoms with Crippen LogP contribution in [-0.4, -0.2) is 5.97 Å². The first kappa shape index (κ1) is 24.3. The first-order valence-electron chi connectivity index (χ1n) is 12.7. The molecule has 0 unspecified atom stereocenters. The average molecular weight is 433 g/mol. The lowest BCUT2D eigenvalue weighted by Gasteiger charge is -2.29. The van der Waals surface area contributed by atoms with E-state index < -0.39 is 0 Å². The summed E-state index contributed by atoms with van der Waals surface area (Å²) >= 11 is 0. The second-order valence-electron chi connectivity index (χ2n) is 9.47. The Hall–Kier alpha value is -2.35. The summed E-state index contributed by atoms with van der Waals surface area (Å²) in [6.45, 7) is 8.56. The SMILES string of the molecule is C=C(CC)CCC1CCC(c2ccc(OC(=O)c3ccc(CCCCC)cc3)cc2)CC1. The van der Waals surface area contributed by atoms with Crippen molar-refractivity contribution in [3.63, 3.8) is 0 Å². The van der Waals surface area contributed by atoms with E-state index in [0.717, 1.165) is 18.8 Å². The van der Waals surface area contributed by atoms with Crippen LogP contribution < -0.4 is 4.74 Å². The molecule has 172 valence electrons. The van der Waals surface area contributed by atoms with Crippen molar-refractivity contribution < 1.29 is 9.53 Å². The summed E-state index contributed by atoms with van der Waals surface area (Å²) in [6.07, 6.45) is 13.5. The molecule has 1 saturated carbocycles. The molecular formula is C30H40O2. The molecule has 0 bridgehead atoms. The number of hydrogen-bond acceptors (Lipinski definition) is 2. The van der Waals surface area contributed by atoms with Crippen LogP contribution in [0.4, 0.5) is 0 Å². The molecule has 1 fully saturated rings. The van der Waals surface area contributed by atoms with Crippen molar-refractivity contribution in [2.24, 2.45) is 5.92 Å². The lowest BCUT2D eigenvalue weighted by Crippen LogP contribution is -2.13. The van der Waals surface area contributed by atoms with Gasteiger partial charge < -0.3 is 4.74 Å². The van der Waals surface area contributed by atoms with E-state index in [9.17, 15) is 4.79 Å². The van der Waals surface area contributed by atoms with E-state index in [-0.39, 0.29) is 5.97 Å². The first-order chi connectivity index (χ1) is 15.6. The predicted molar refractivity (Wildman–Crippen MR) is 134 cm³/mol. The van der Waals surface area contributed by atoms with Crippen molar-refractivity contribution in [2.45, 2.75) is 90.4 Å². The Kier molecular flexibility index (Phi) is 9.59. The van der Waals surface area contributed by atoms with Gasteiger partial charge in [-0.1, -0.05) is 63.1 Å². The maximum atomic E-state index is 12.5. The molecule has 3 rings (SSSR count). The molecule has 1 aliphatic rings. The van der Waals surface area contributed by atoms with Gasteiger partial charge in [0.2, 0.25) is 0 Å². The number of allylic oxidation sites excluding steroid dienone is 1. The van der Waals surface area contributed by atoms with Gasteiger partial charge in [0.15, 0.2) is 0 Å². The standard InChI is InChI=1S/C30H40O2/c1-4-6-7-8-24-13-17-28(18-14-24)30(31)32-29-21-19-27(20-22-29)26-15-11-25(12-16-26)10-9-23(3)5-2/h13-14,17-22,25-26H,3-12,15-16H2,1-2H3. The molecule has 0 aliphatic heterocycles. The van der Waals surface area contributed by atoms with Crippen LogP contribution in [-0.2, 0) is 6.42 Å². The Bertz CT molecular complexity index is 839. The fourth-order valence-electron chi connectivity index (χ4n) is 4.73. The van der Waals surface area contributed by atoms with Crippen LogP contribution in [0.3, 0.4) is 0 Å². The van der Waals surface area contributed by atoms with E-state index in [1.165, 1.54) is 74.5 Å². The average Bonchev–Trinajstić information content (AvgIpc) is 2.84. The Morgan fingerprint density at radius 1 is 0.938 bits per heavy atom. The minimum absolute atomic E-state index is 0.285. The van der Waals surface area contributed by atoms with Gasteiger partial charge in [-0.3, -0.25) is 0 Å². The molecule has 0 N–H and O–H groups in total. The Morgan fingerprint density at radius 3 is 2.25 bits per heavy atom. The second-order valence-corrected chi connectivity index (χ2v) is 9.47. The van der Waals surface area contributed by atoms with E-state index in [4.69, 9.17) is 4.74 Å². The summed E-state index contributed by atoms with van der Waals surface area (Å²) in [6, 6.07) is 16.0. The molecule has 2 aromatic carbocycles. The van der Waals surface area contributed by atoms with Gasteiger partial charge in [-0.25, -0.2) is 4.79 Å². The normalized spacial score (nSPS) is 18.3. The molecule has 0 radical (unpaired) electrons. The minimum atomic E-state index is -0.285. The Labute approximate surface area is 195 Å². The minimum Gasteiger partial charge on any atom is -0.423 e. The fraction of sp³-hybridized carbons (Fsp3) is 0.500. The molecule has 2 aromatic rings. The van der Waals surface area contributed by atoms with E-state index >= 15 is 0 Å². The maximum absolute atomic E-state index is 12.5. The number of carbonyl (C=O) groups is 1. The van der Waals surface area contributed by atoms with Crippen molar-refractivity contribution in [2.75, 3.05) is 0 Å². The molecule has 0 heterocycles. The second kappa shape index (κ2) is 12.6. The van der Waals surface area contributed by atoms with Crippen molar-refractivity contribution in [1.82, 2.24) is 0 Å². The van der Waals surface area contributed by atoms with Crippen LogP contribution in [0.25, 0.3) is 0 Å². The Balaban J connectivity index is 1.46. The highest BCUT2D eigenvalue weighted by molar-refractivity contribution is 5.91. The molecule has 0 aromatic heterocycles. The number of hydrogen-bond donors (Lipinski definition) is 0. The monoisotopic (exact) mass is 432 g/mol. The third-order valence-electron chi connectivity index (χ3n) is 7.07. The van der Waals surface area contributed by atoms with Gasteiger partial charge in [0.1, 0.15) is 5.75 Å². The molecule has 2 nitrogen and oxygen atoms in total. The van der Waals surface area contributed by atoms with E-state index in [0.29, 0.717) is 17.2 Å². The van der Waals surface area contributed by atoms with Crippen LogP contribution in [0.1, 0.15) is 105 Å². The molecule has 32 heavy (non-hydrogen) atoms. The number of unbranched alkanes of at least 4 members (excludes halogenated alkanes) is 2. The number of ether oxygens (including phenoxy) is 1. The molecular weight excluding hydrogens is 392 g/mol. The summed E-state index contributed by atoms with van der Waals surface area (Å²) in [5.41, 5.74) is 4.65. The van der Waals surface area contributed by atoms with E-state index in [1.807, 2.05) is 36.4 Å². The highest BCUT2D eigenvalue weighted by Crippen LogP contribution is 2.38. The predicted octanol–water partition coefficient (Wildman–Crippen LogP) is 8.66. The number of esters is 1. The van der Waals surface area contributed by atoms with Crippen molar-refractivity contribution in [3.8, 4) is 5.75 Å². The fourth-order valence-corrected chi connectivity index (χ4v) is 4.73. The quantitative estimate of drug-likeness (QED) is 0.154. The first-order valence-corrected chi connectivity index (χ1v) is 12.7. The van der Waals surface area contributed by atoms with Gasteiger partial charge in [0, 0.05) is 0 Å². The highest BCUT2D eigenvalue weighted by atomic mass is 16.5. The van der Waals surface area contributed by atoms with Gasteiger partial charge in [-0.15, -0.1) is 0 Å². The lowest BCUT2D eigenvalue weighted by atomic mass is 9.77. The van der Waals surface area contributed by atoms with Gasteiger partial charge in [0.25, 0.3) is 0 Å². The largest absolute Gasteiger partial charge is 0.423 e. The summed E-state index contributed by atoms with van der Waals surface area (Å²) in [7, 11) is 0. The molecule has 0 saturated heterocycles. The van der Waals surface area contributed by atoms with Gasteiger partial charge in [-0.05, 0) is 105 Å². The van der Waals surface area contributed by atoms with Crippen molar-refractivity contribution in [3.05, 3.63) is 77.4 Å². The van der Waals surface area contributed by atoms with Crippen LogP contribution >= 0.6 is 0 Å². The highest BCUT2D eigenvalue weighted by Gasteiger charge is 2.22. The third-order valence-corrected chi connectivity index (χ3v) is 7.07. The summed E-state index contributed by atoms with van der Waals surface area (Å²) in [4.78, 5) is 12.5. The lowest BCUT2D eigenvalue weighted by molar-refractivity contribution is 0.0734. The summed E-state index contributed by atoms with van der Waals surface area (Å²) in [5.74, 6) is 1.82. The number of carbonyl (C=O) groups excluding carboxylic acids is 1. The molecule has 0 amide bonds. The maximum Gasteiger partial charge on any atom is 0.343 e. The third kappa shape index (κ3) is 7.36. The molecule has 0 atom stereocenters. The van der Waals surface area contributed by atoms with Gasteiger partial charge >= 0.3 is 5.97 Å². The zero-order valence-electron chi connectivity index (χ0n) is 20.1. The molecule has 0 spiro atoms. The number of benzene rings is 2. The molecule has 1 aliphatic carbocycles. The van der Waals surface area contributed by atoms with Crippen molar-refractivity contribution in [1.29, 1.82) is 0 Å². The van der Waals surface area contributed by atoms with Crippen molar-refractivity contribution >= 4 is 5.97 Å². The zero-order valence-corrected chi connectivity index (χ0v) is 20.1. The van der Waals surface area contributed by atoms with Gasteiger partial charge in [0.05, 0.1) is 5.56 Å². The summed E-state index contributed by atoms with van der Waals surface area (Å²) in [5, 5.41) is 0.